The van der Waals surface area contributed by atoms with Crippen molar-refractivity contribution in [1.82, 2.24) is 5.32 Å². The number of hydrogen-bond acceptors (Lipinski definition) is 3. The van der Waals surface area contributed by atoms with Crippen molar-refractivity contribution in [2.24, 2.45) is 11.8 Å². The van der Waals surface area contributed by atoms with Crippen LogP contribution in [-0.4, -0.2) is 33.3 Å². The quantitative estimate of drug-likeness (QED) is 0.868. The van der Waals surface area contributed by atoms with Gasteiger partial charge in [0, 0.05) is 44.0 Å². The van der Waals surface area contributed by atoms with Crippen molar-refractivity contribution in [3.8, 4) is 5.75 Å². The zero-order valence-electron chi connectivity index (χ0n) is 10.2. The summed E-state index contributed by atoms with van der Waals surface area (Å²) in [6.45, 7) is 3.82. The molecule has 0 bridgehead atoms. The van der Waals surface area contributed by atoms with E-state index in [0.717, 1.165) is 26.2 Å². The summed E-state index contributed by atoms with van der Waals surface area (Å²) in [5.74, 6) is -0.560. The van der Waals surface area contributed by atoms with E-state index in [1.165, 1.54) is 13.2 Å². The number of fused-ring (bicyclic) bond motifs is 1. The van der Waals surface area contributed by atoms with Gasteiger partial charge in [-0.2, -0.15) is 4.39 Å². The molecular formula is C13H16F2N2O. The smallest absolute Gasteiger partial charge is 0.200 e. The van der Waals surface area contributed by atoms with E-state index in [2.05, 4.69) is 10.2 Å². The van der Waals surface area contributed by atoms with Crippen LogP contribution in [0.25, 0.3) is 0 Å². The first kappa shape index (κ1) is 11.7. The fourth-order valence-electron chi connectivity index (χ4n) is 2.95. The standard InChI is InChI=1S/C13H16F2N2O/c1-18-12-3-10(2-11(14)13(12)15)17-6-8-4-16-5-9(8)7-17/h2-3,8-9,16H,4-7H2,1H3/t8-,9+. The second kappa shape index (κ2) is 4.39. The highest BCUT2D eigenvalue weighted by Crippen LogP contribution is 2.33. The minimum absolute atomic E-state index is 0.0276. The first-order valence-corrected chi connectivity index (χ1v) is 6.17. The fraction of sp³-hybridized carbons (Fsp3) is 0.538. The molecule has 98 valence electrons. The van der Waals surface area contributed by atoms with Gasteiger partial charge >= 0.3 is 0 Å². The molecule has 2 fully saturated rings. The number of rotatable bonds is 2. The Hall–Kier alpha value is -1.36. The Morgan fingerprint density at radius 3 is 2.50 bits per heavy atom. The number of methoxy groups -OCH3 is 1. The number of halogens is 2. The molecule has 0 saturated carbocycles. The second-order valence-corrected chi connectivity index (χ2v) is 5.03. The molecule has 2 aliphatic heterocycles. The van der Waals surface area contributed by atoms with Gasteiger partial charge in [0.15, 0.2) is 11.6 Å². The molecule has 2 saturated heterocycles. The normalized spacial score (nSPS) is 26.5. The third kappa shape index (κ3) is 1.82. The topological polar surface area (TPSA) is 24.5 Å². The van der Waals surface area contributed by atoms with Gasteiger partial charge in [-0.05, 0) is 11.8 Å². The molecule has 0 aromatic heterocycles. The molecule has 0 spiro atoms. The molecular weight excluding hydrogens is 238 g/mol. The van der Waals surface area contributed by atoms with Gasteiger partial charge in [-0.1, -0.05) is 0 Å². The van der Waals surface area contributed by atoms with Crippen molar-refractivity contribution in [2.75, 3.05) is 38.2 Å². The van der Waals surface area contributed by atoms with E-state index in [-0.39, 0.29) is 5.75 Å². The number of hydrogen-bond donors (Lipinski definition) is 1. The number of benzene rings is 1. The van der Waals surface area contributed by atoms with Crippen LogP contribution in [0.15, 0.2) is 12.1 Å². The molecule has 18 heavy (non-hydrogen) atoms. The van der Waals surface area contributed by atoms with Gasteiger partial charge in [-0.15, -0.1) is 0 Å². The molecule has 0 radical (unpaired) electrons. The summed E-state index contributed by atoms with van der Waals surface area (Å²) < 4.78 is 31.7. The third-order valence-corrected chi connectivity index (χ3v) is 3.95. The SMILES string of the molecule is COc1cc(N2C[C@H]3CNC[C@H]3C2)cc(F)c1F. The molecule has 1 aromatic carbocycles. The summed E-state index contributed by atoms with van der Waals surface area (Å²) in [7, 11) is 1.35. The van der Waals surface area contributed by atoms with Crippen LogP contribution >= 0.6 is 0 Å². The highest BCUT2D eigenvalue weighted by molar-refractivity contribution is 5.53. The molecule has 0 amide bonds. The minimum atomic E-state index is -0.915. The van der Waals surface area contributed by atoms with Crippen LogP contribution in [0.1, 0.15) is 0 Å². The van der Waals surface area contributed by atoms with Crippen molar-refractivity contribution in [1.29, 1.82) is 0 Å². The molecule has 2 aliphatic rings. The van der Waals surface area contributed by atoms with Crippen LogP contribution < -0.4 is 15.0 Å². The summed E-state index contributed by atoms with van der Waals surface area (Å²) in [5, 5.41) is 3.35. The zero-order valence-corrected chi connectivity index (χ0v) is 10.2. The van der Waals surface area contributed by atoms with Gasteiger partial charge < -0.3 is 15.0 Å². The lowest BCUT2D eigenvalue weighted by molar-refractivity contribution is 0.372. The Kier molecular flexibility index (Phi) is 2.86. The van der Waals surface area contributed by atoms with Crippen LogP contribution in [0.2, 0.25) is 0 Å². The van der Waals surface area contributed by atoms with Gasteiger partial charge in [-0.3, -0.25) is 0 Å². The van der Waals surface area contributed by atoms with Crippen LogP contribution in [0, 0.1) is 23.5 Å². The van der Waals surface area contributed by atoms with E-state index in [1.807, 2.05) is 0 Å². The van der Waals surface area contributed by atoms with E-state index < -0.39 is 11.6 Å². The van der Waals surface area contributed by atoms with Crippen molar-refractivity contribution in [2.45, 2.75) is 0 Å². The van der Waals surface area contributed by atoms with E-state index >= 15 is 0 Å². The van der Waals surface area contributed by atoms with Crippen LogP contribution in [0.4, 0.5) is 14.5 Å². The van der Waals surface area contributed by atoms with Crippen molar-refractivity contribution in [3.05, 3.63) is 23.8 Å². The number of nitrogens with zero attached hydrogens (tertiary/aromatic N) is 1. The lowest BCUT2D eigenvalue weighted by Crippen LogP contribution is -2.25. The Morgan fingerprint density at radius 1 is 1.22 bits per heavy atom. The highest BCUT2D eigenvalue weighted by Gasteiger charge is 2.36. The Morgan fingerprint density at radius 2 is 1.89 bits per heavy atom. The summed E-state index contributed by atoms with van der Waals surface area (Å²) in [6.07, 6.45) is 0. The maximum absolute atomic E-state index is 13.5. The molecule has 1 N–H and O–H groups in total. The predicted octanol–water partition coefficient (Wildman–Crippen LogP) is 1.63. The van der Waals surface area contributed by atoms with E-state index in [4.69, 9.17) is 4.74 Å². The largest absolute Gasteiger partial charge is 0.493 e. The average Bonchev–Trinajstić information content (AvgIpc) is 2.92. The Bertz CT molecular complexity index is 455. The van der Waals surface area contributed by atoms with Crippen LogP contribution in [0.3, 0.4) is 0 Å². The van der Waals surface area contributed by atoms with E-state index in [9.17, 15) is 8.78 Å². The second-order valence-electron chi connectivity index (χ2n) is 5.03. The first-order valence-electron chi connectivity index (χ1n) is 6.17. The van der Waals surface area contributed by atoms with E-state index in [0.29, 0.717) is 17.5 Å². The molecule has 0 aliphatic carbocycles. The maximum atomic E-state index is 13.5. The highest BCUT2D eigenvalue weighted by atomic mass is 19.2. The van der Waals surface area contributed by atoms with Crippen LogP contribution in [-0.2, 0) is 0 Å². The fourth-order valence-corrected chi connectivity index (χ4v) is 2.95. The molecule has 3 rings (SSSR count). The average molecular weight is 254 g/mol. The molecule has 0 unspecified atom stereocenters. The molecule has 1 aromatic rings. The van der Waals surface area contributed by atoms with Gasteiger partial charge in [0.1, 0.15) is 0 Å². The van der Waals surface area contributed by atoms with Gasteiger partial charge in [0.25, 0.3) is 0 Å². The molecule has 3 nitrogen and oxygen atoms in total. The van der Waals surface area contributed by atoms with Gasteiger partial charge in [0.05, 0.1) is 7.11 Å². The monoisotopic (exact) mass is 254 g/mol. The number of ether oxygens (including phenoxy) is 1. The van der Waals surface area contributed by atoms with Crippen molar-refractivity contribution >= 4 is 5.69 Å². The van der Waals surface area contributed by atoms with Gasteiger partial charge in [-0.25, -0.2) is 4.39 Å². The first-order chi connectivity index (χ1) is 8.69. The molecule has 2 atom stereocenters. The van der Waals surface area contributed by atoms with Gasteiger partial charge in [0.2, 0.25) is 5.82 Å². The Balaban J connectivity index is 1.87. The Labute approximate surface area is 105 Å². The minimum Gasteiger partial charge on any atom is -0.493 e. The number of anilines is 1. The van der Waals surface area contributed by atoms with Crippen LogP contribution in [0.5, 0.6) is 5.75 Å². The lowest BCUT2D eigenvalue weighted by atomic mass is 10.0. The summed E-state index contributed by atoms with van der Waals surface area (Å²) in [5.41, 5.74) is 0.708. The predicted molar refractivity (Wildman–Crippen MR) is 65.0 cm³/mol. The molecule has 2 heterocycles. The van der Waals surface area contributed by atoms with E-state index in [1.54, 1.807) is 6.07 Å². The maximum Gasteiger partial charge on any atom is 0.200 e. The summed E-state index contributed by atoms with van der Waals surface area (Å²) in [4.78, 5) is 2.11. The van der Waals surface area contributed by atoms with Crippen molar-refractivity contribution < 1.29 is 13.5 Å². The third-order valence-electron chi connectivity index (χ3n) is 3.95. The zero-order chi connectivity index (χ0) is 12.7. The number of nitrogens with one attached hydrogen (secondary N) is 1. The lowest BCUT2D eigenvalue weighted by Gasteiger charge is -2.20. The van der Waals surface area contributed by atoms with Crippen molar-refractivity contribution in [3.63, 3.8) is 0 Å². The summed E-state index contributed by atoms with van der Waals surface area (Å²) in [6, 6.07) is 2.83. The molecule has 5 heteroatoms. The summed E-state index contributed by atoms with van der Waals surface area (Å²) >= 11 is 0.